The Hall–Kier alpha value is -0.0800. The second-order valence-corrected chi connectivity index (χ2v) is 6.89. The zero-order chi connectivity index (χ0) is 15.9. The molecule has 3 N–H and O–H groups in total. The van der Waals surface area contributed by atoms with Gasteiger partial charge in [-0.3, -0.25) is 9.89 Å². The van der Waals surface area contributed by atoms with Crippen LogP contribution in [0, 0.1) is 5.92 Å². The van der Waals surface area contributed by atoms with Crippen molar-refractivity contribution in [2.75, 3.05) is 32.8 Å². The Bertz CT molecular complexity index is 321. The second kappa shape index (κ2) is 10.6. The molecule has 1 heterocycles. The fourth-order valence-electron chi connectivity index (χ4n) is 2.92. The number of nitrogens with one attached hydrogen (secondary N) is 1. The quantitative estimate of drug-likeness (QED) is 0.389. The molecule has 1 aliphatic heterocycles. The maximum Gasteiger partial charge on any atom is 0.189 e. The van der Waals surface area contributed by atoms with Crippen LogP contribution in [0.2, 0.25) is 0 Å². The maximum absolute atomic E-state index is 6.02. The molecule has 132 valence electrons. The van der Waals surface area contributed by atoms with E-state index in [0.717, 1.165) is 32.8 Å². The van der Waals surface area contributed by atoms with Gasteiger partial charge in [0.25, 0.3) is 0 Å². The van der Waals surface area contributed by atoms with E-state index in [0.29, 0.717) is 17.9 Å². The molecular weight excluding hydrogens is 391 g/mol. The zero-order valence-corrected chi connectivity index (χ0v) is 17.2. The number of rotatable bonds is 6. The first-order chi connectivity index (χ1) is 9.87. The molecule has 0 aliphatic carbocycles. The summed E-state index contributed by atoms with van der Waals surface area (Å²) in [7, 11) is 0. The van der Waals surface area contributed by atoms with Gasteiger partial charge in [-0.05, 0) is 26.7 Å². The van der Waals surface area contributed by atoms with Gasteiger partial charge in [0.15, 0.2) is 5.96 Å². The van der Waals surface area contributed by atoms with E-state index in [-0.39, 0.29) is 29.5 Å². The van der Waals surface area contributed by atoms with Crippen molar-refractivity contribution >= 4 is 29.9 Å². The lowest BCUT2D eigenvalue weighted by molar-refractivity contribution is 0.00396. The molecule has 0 saturated carbocycles. The average Bonchev–Trinajstić information content (AvgIpc) is 2.42. The van der Waals surface area contributed by atoms with Crippen LogP contribution in [0.25, 0.3) is 0 Å². The Morgan fingerprint density at radius 1 is 1.23 bits per heavy atom. The number of aliphatic imine (C=N–C) groups is 1. The van der Waals surface area contributed by atoms with Gasteiger partial charge in [-0.25, -0.2) is 0 Å². The summed E-state index contributed by atoms with van der Waals surface area (Å²) >= 11 is 0. The number of nitrogens with two attached hydrogens (primary N) is 1. The van der Waals surface area contributed by atoms with E-state index in [9.17, 15) is 0 Å². The standard InChI is InChI=1S/C16H34N4O.HI/c1-6-13(7-2)14(20-8-10-21-11-9-20)12-18-15(17)19-16(3,4)5;/h13-14H,6-12H2,1-5H3,(H3,17,18,19);1H. The largest absolute Gasteiger partial charge is 0.379 e. The van der Waals surface area contributed by atoms with Gasteiger partial charge >= 0.3 is 0 Å². The number of halogens is 1. The van der Waals surface area contributed by atoms with Gasteiger partial charge in [-0.15, -0.1) is 24.0 Å². The molecule has 1 unspecified atom stereocenters. The molecule has 1 atom stereocenters. The summed E-state index contributed by atoms with van der Waals surface area (Å²) in [6.07, 6.45) is 2.36. The van der Waals surface area contributed by atoms with Gasteiger partial charge in [0.05, 0.1) is 19.8 Å². The summed E-state index contributed by atoms with van der Waals surface area (Å²) in [4.78, 5) is 7.13. The molecule has 1 aliphatic rings. The molecular formula is C16H35IN4O. The Kier molecular flexibility index (Phi) is 10.6. The number of hydrogen-bond donors (Lipinski definition) is 2. The summed E-state index contributed by atoms with van der Waals surface area (Å²) < 4.78 is 5.47. The van der Waals surface area contributed by atoms with Crippen LogP contribution in [0.1, 0.15) is 47.5 Å². The molecule has 0 bridgehead atoms. The highest BCUT2D eigenvalue weighted by Crippen LogP contribution is 2.20. The second-order valence-electron chi connectivity index (χ2n) is 6.89. The molecule has 5 nitrogen and oxygen atoms in total. The van der Waals surface area contributed by atoms with E-state index in [2.05, 4.69) is 49.8 Å². The molecule has 0 aromatic carbocycles. The van der Waals surface area contributed by atoms with E-state index < -0.39 is 0 Å². The van der Waals surface area contributed by atoms with E-state index in [1.165, 1.54) is 12.8 Å². The number of ether oxygens (including phenoxy) is 1. The lowest BCUT2D eigenvalue weighted by Crippen LogP contribution is -2.49. The van der Waals surface area contributed by atoms with Gasteiger partial charge in [-0.2, -0.15) is 0 Å². The Morgan fingerprint density at radius 3 is 2.23 bits per heavy atom. The van der Waals surface area contributed by atoms with Crippen molar-refractivity contribution in [3.63, 3.8) is 0 Å². The Balaban J connectivity index is 0.00000441. The van der Waals surface area contributed by atoms with Crippen LogP contribution in [-0.2, 0) is 4.74 Å². The van der Waals surface area contributed by atoms with Crippen molar-refractivity contribution in [2.24, 2.45) is 16.6 Å². The van der Waals surface area contributed by atoms with Gasteiger partial charge in [0.1, 0.15) is 0 Å². The summed E-state index contributed by atoms with van der Waals surface area (Å²) in [5.74, 6) is 1.21. The number of hydrogen-bond acceptors (Lipinski definition) is 3. The molecule has 0 radical (unpaired) electrons. The van der Waals surface area contributed by atoms with Gasteiger partial charge in [-0.1, -0.05) is 26.7 Å². The van der Waals surface area contributed by atoms with Crippen molar-refractivity contribution in [3.8, 4) is 0 Å². The van der Waals surface area contributed by atoms with E-state index >= 15 is 0 Å². The number of guanidine groups is 1. The van der Waals surface area contributed by atoms with Crippen molar-refractivity contribution in [3.05, 3.63) is 0 Å². The van der Waals surface area contributed by atoms with Crippen LogP contribution >= 0.6 is 24.0 Å². The first-order valence-corrected chi connectivity index (χ1v) is 8.27. The van der Waals surface area contributed by atoms with E-state index in [4.69, 9.17) is 10.5 Å². The van der Waals surface area contributed by atoms with E-state index in [1.54, 1.807) is 0 Å². The van der Waals surface area contributed by atoms with Crippen molar-refractivity contribution in [1.29, 1.82) is 0 Å². The zero-order valence-electron chi connectivity index (χ0n) is 14.9. The third-order valence-electron chi connectivity index (χ3n) is 4.06. The van der Waals surface area contributed by atoms with Crippen LogP contribution in [0.3, 0.4) is 0 Å². The highest BCUT2D eigenvalue weighted by molar-refractivity contribution is 14.0. The average molecular weight is 426 g/mol. The highest BCUT2D eigenvalue weighted by atomic mass is 127. The summed E-state index contributed by atoms with van der Waals surface area (Å²) in [5.41, 5.74) is 5.97. The first kappa shape index (κ1) is 21.9. The number of morpholine rings is 1. The van der Waals surface area contributed by atoms with Crippen molar-refractivity contribution in [1.82, 2.24) is 10.2 Å². The third kappa shape index (κ3) is 7.97. The molecule has 22 heavy (non-hydrogen) atoms. The Morgan fingerprint density at radius 2 is 1.77 bits per heavy atom. The third-order valence-corrected chi connectivity index (χ3v) is 4.06. The molecule has 1 rings (SSSR count). The molecule has 0 aromatic heterocycles. The van der Waals surface area contributed by atoms with Crippen LogP contribution in [0.4, 0.5) is 0 Å². The monoisotopic (exact) mass is 426 g/mol. The molecule has 0 aromatic rings. The maximum atomic E-state index is 6.02. The summed E-state index contributed by atoms with van der Waals surface area (Å²) in [6.45, 7) is 15.2. The smallest absolute Gasteiger partial charge is 0.189 e. The summed E-state index contributed by atoms with van der Waals surface area (Å²) in [5, 5.41) is 3.24. The van der Waals surface area contributed by atoms with Gasteiger partial charge < -0.3 is 15.8 Å². The molecule has 0 spiro atoms. The fraction of sp³-hybridized carbons (Fsp3) is 0.938. The van der Waals surface area contributed by atoms with Crippen molar-refractivity contribution < 1.29 is 4.74 Å². The van der Waals surface area contributed by atoms with Crippen LogP contribution < -0.4 is 11.1 Å². The first-order valence-electron chi connectivity index (χ1n) is 8.27. The normalized spacial score (nSPS) is 18.9. The lowest BCUT2D eigenvalue weighted by atomic mass is 9.92. The predicted octanol–water partition coefficient (Wildman–Crippen LogP) is 2.44. The van der Waals surface area contributed by atoms with Crippen LogP contribution in [0.15, 0.2) is 4.99 Å². The number of nitrogens with zero attached hydrogens (tertiary/aromatic N) is 2. The van der Waals surface area contributed by atoms with E-state index in [1.807, 2.05) is 0 Å². The van der Waals surface area contributed by atoms with Crippen LogP contribution in [0.5, 0.6) is 0 Å². The minimum atomic E-state index is -0.0447. The molecule has 0 amide bonds. The molecule has 6 heteroatoms. The minimum Gasteiger partial charge on any atom is -0.379 e. The Labute approximate surface area is 153 Å². The van der Waals surface area contributed by atoms with Crippen LogP contribution in [-0.4, -0.2) is 55.3 Å². The fourth-order valence-corrected chi connectivity index (χ4v) is 2.92. The summed E-state index contributed by atoms with van der Waals surface area (Å²) in [6, 6.07) is 0.462. The van der Waals surface area contributed by atoms with Gasteiger partial charge in [0.2, 0.25) is 0 Å². The van der Waals surface area contributed by atoms with Crippen molar-refractivity contribution in [2.45, 2.75) is 59.0 Å². The topological polar surface area (TPSA) is 62.9 Å². The predicted molar refractivity (Wildman–Crippen MR) is 105 cm³/mol. The minimum absolute atomic E-state index is 0. The SMILES string of the molecule is CCC(CC)C(CN=C(N)NC(C)(C)C)N1CCOCC1.I. The molecule has 1 fully saturated rings. The lowest BCUT2D eigenvalue weighted by Gasteiger charge is -2.38. The molecule has 1 saturated heterocycles. The highest BCUT2D eigenvalue weighted by Gasteiger charge is 2.26. The van der Waals surface area contributed by atoms with Gasteiger partial charge in [0, 0.05) is 24.7 Å².